The topological polar surface area (TPSA) is 29.1 Å². The van der Waals surface area contributed by atoms with E-state index < -0.39 is 0 Å². The fraction of sp³-hybridized carbons (Fsp3) is 0.700. The van der Waals surface area contributed by atoms with Gasteiger partial charge in [-0.1, -0.05) is 18.8 Å². The van der Waals surface area contributed by atoms with Crippen molar-refractivity contribution in [1.82, 2.24) is 5.32 Å². The summed E-state index contributed by atoms with van der Waals surface area (Å²) in [5.74, 6) is 6.07. The standard InChI is InChI=1S/C10H15NO/c1-11-10(12)9-7-5-3-2-4-6-8-9/h9H,2-5,7H2,1H3,(H,11,12). The number of carbonyl (C=O) groups is 1. The maximum atomic E-state index is 11.2. The Morgan fingerprint density at radius 1 is 1.42 bits per heavy atom. The van der Waals surface area contributed by atoms with Crippen LogP contribution < -0.4 is 5.32 Å². The summed E-state index contributed by atoms with van der Waals surface area (Å²) in [5, 5.41) is 2.64. The highest BCUT2D eigenvalue weighted by atomic mass is 16.1. The Morgan fingerprint density at radius 3 is 3.00 bits per heavy atom. The lowest BCUT2D eigenvalue weighted by Crippen LogP contribution is -2.26. The summed E-state index contributed by atoms with van der Waals surface area (Å²) < 4.78 is 0. The number of rotatable bonds is 1. The lowest BCUT2D eigenvalue weighted by molar-refractivity contribution is -0.123. The van der Waals surface area contributed by atoms with Crippen LogP contribution in [0.3, 0.4) is 0 Å². The Bertz CT molecular complexity index is 212. The summed E-state index contributed by atoms with van der Waals surface area (Å²) >= 11 is 0. The lowest BCUT2D eigenvalue weighted by Gasteiger charge is -2.10. The Kier molecular flexibility index (Phi) is 3.66. The van der Waals surface area contributed by atoms with Crippen LogP contribution in [0.4, 0.5) is 0 Å². The molecule has 66 valence electrons. The second kappa shape index (κ2) is 4.82. The van der Waals surface area contributed by atoms with E-state index in [1.807, 2.05) is 0 Å². The number of hydrogen-bond donors (Lipinski definition) is 1. The highest BCUT2D eigenvalue weighted by Crippen LogP contribution is 2.12. The van der Waals surface area contributed by atoms with Crippen LogP contribution in [-0.2, 0) is 4.79 Å². The molecule has 0 saturated carbocycles. The molecule has 1 N–H and O–H groups in total. The molecule has 0 aromatic rings. The maximum Gasteiger partial charge on any atom is 0.234 e. The molecule has 0 bridgehead atoms. The van der Waals surface area contributed by atoms with Gasteiger partial charge in [-0.3, -0.25) is 4.79 Å². The molecule has 1 unspecified atom stereocenters. The Balaban J connectivity index is 2.54. The highest BCUT2D eigenvalue weighted by Gasteiger charge is 2.14. The molecule has 12 heavy (non-hydrogen) atoms. The van der Waals surface area contributed by atoms with E-state index in [1.54, 1.807) is 7.05 Å². The summed E-state index contributed by atoms with van der Waals surface area (Å²) in [6.45, 7) is 0. The van der Waals surface area contributed by atoms with E-state index in [1.165, 1.54) is 12.8 Å². The zero-order chi connectivity index (χ0) is 8.81. The third-order valence-electron chi connectivity index (χ3n) is 2.13. The molecular weight excluding hydrogens is 150 g/mol. The first-order chi connectivity index (χ1) is 5.84. The molecule has 1 aliphatic carbocycles. The zero-order valence-corrected chi connectivity index (χ0v) is 7.52. The van der Waals surface area contributed by atoms with Crippen molar-refractivity contribution >= 4 is 5.91 Å². The third-order valence-corrected chi connectivity index (χ3v) is 2.13. The van der Waals surface area contributed by atoms with Crippen molar-refractivity contribution in [2.45, 2.75) is 32.1 Å². The third kappa shape index (κ3) is 2.58. The van der Waals surface area contributed by atoms with E-state index in [2.05, 4.69) is 17.2 Å². The van der Waals surface area contributed by atoms with Gasteiger partial charge in [0.15, 0.2) is 0 Å². The first kappa shape index (κ1) is 9.12. The lowest BCUT2D eigenvalue weighted by atomic mass is 9.98. The van der Waals surface area contributed by atoms with Crippen LogP contribution in [0, 0.1) is 17.8 Å². The van der Waals surface area contributed by atoms with Gasteiger partial charge in [0.05, 0.1) is 5.92 Å². The van der Waals surface area contributed by atoms with Crippen molar-refractivity contribution in [3.8, 4) is 11.8 Å². The smallest absolute Gasteiger partial charge is 0.234 e. The summed E-state index contributed by atoms with van der Waals surface area (Å²) in [6.07, 6.45) is 5.41. The van der Waals surface area contributed by atoms with E-state index in [0.29, 0.717) is 0 Å². The van der Waals surface area contributed by atoms with E-state index in [0.717, 1.165) is 19.3 Å². The van der Waals surface area contributed by atoms with Crippen LogP contribution in [0.2, 0.25) is 0 Å². The predicted octanol–water partition coefficient (Wildman–Crippen LogP) is 1.32. The Labute approximate surface area is 73.7 Å². The minimum absolute atomic E-state index is 0.0599. The normalized spacial score (nSPS) is 22.9. The van der Waals surface area contributed by atoms with Crippen LogP contribution >= 0.6 is 0 Å². The van der Waals surface area contributed by atoms with Crippen molar-refractivity contribution in [2.75, 3.05) is 7.05 Å². The molecular formula is C10H15NO. The van der Waals surface area contributed by atoms with Gasteiger partial charge in [0, 0.05) is 13.5 Å². The Morgan fingerprint density at radius 2 is 2.25 bits per heavy atom. The van der Waals surface area contributed by atoms with E-state index in [9.17, 15) is 4.79 Å². The SMILES string of the molecule is CNC(=O)C1C#CCCCCC1. The number of nitrogens with one attached hydrogen (secondary N) is 1. The van der Waals surface area contributed by atoms with Crippen LogP contribution in [0.1, 0.15) is 32.1 Å². The van der Waals surface area contributed by atoms with Gasteiger partial charge in [-0.2, -0.15) is 0 Å². The summed E-state index contributed by atoms with van der Waals surface area (Å²) in [7, 11) is 1.67. The molecule has 1 rings (SSSR count). The van der Waals surface area contributed by atoms with Crippen LogP contribution in [-0.4, -0.2) is 13.0 Å². The van der Waals surface area contributed by atoms with Crippen molar-refractivity contribution in [2.24, 2.45) is 5.92 Å². The van der Waals surface area contributed by atoms with Crippen LogP contribution in [0.25, 0.3) is 0 Å². The molecule has 2 nitrogen and oxygen atoms in total. The molecule has 0 saturated heterocycles. The first-order valence-corrected chi connectivity index (χ1v) is 4.54. The van der Waals surface area contributed by atoms with Gasteiger partial charge >= 0.3 is 0 Å². The highest BCUT2D eigenvalue weighted by molar-refractivity contribution is 5.81. The maximum absolute atomic E-state index is 11.2. The minimum Gasteiger partial charge on any atom is -0.358 e. The zero-order valence-electron chi connectivity index (χ0n) is 7.52. The Hall–Kier alpha value is -0.970. The van der Waals surface area contributed by atoms with Crippen molar-refractivity contribution in [1.29, 1.82) is 0 Å². The molecule has 0 aromatic heterocycles. The predicted molar refractivity (Wildman–Crippen MR) is 48.4 cm³/mol. The van der Waals surface area contributed by atoms with Gasteiger partial charge in [-0.15, -0.1) is 5.92 Å². The quantitative estimate of drug-likeness (QED) is 0.583. The molecule has 0 spiro atoms. The molecule has 1 amide bonds. The second-order valence-electron chi connectivity index (χ2n) is 3.09. The number of hydrogen-bond acceptors (Lipinski definition) is 1. The van der Waals surface area contributed by atoms with Crippen molar-refractivity contribution in [3.05, 3.63) is 0 Å². The van der Waals surface area contributed by atoms with Crippen molar-refractivity contribution in [3.63, 3.8) is 0 Å². The molecule has 1 aliphatic rings. The van der Waals surface area contributed by atoms with E-state index in [-0.39, 0.29) is 11.8 Å². The second-order valence-corrected chi connectivity index (χ2v) is 3.09. The van der Waals surface area contributed by atoms with E-state index >= 15 is 0 Å². The average Bonchev–Trinajstić information content (AvgIpc) is 2.02. The molecule has 0 radical (unpaired) electrons. The van der Waals surface area contributed by atoms with Gasteiger partial charge in [0.25, 0.3) is 0 Å². The average molecular weight is 165 g/mol. The number of amides is 1. The van der Waals surface area contributed by atoms with Crippen molar-refractivity contribution < 1.29 is 4.79 Å². The van der Waals surface area contributed by atoms with E-state index in [4.69, 9.17) is 0 Å². The minimum atomic E-state index is -0.0599. The largest absolute Gasteiger partial charge is 0.358 e. The fourth-order valence-electron chi connectivity index (χ4n) is 1.38. The van der Waals surface area contributed by atoms with Gasteiger partial charge in [-0.25, -0.2) is 0 Å². The molecule has 0 aromatic carbocycles. The molecule has 2 heteroatoms. The summed E-state index contributed by atoms with van der Waals surface area (Å²) in [6, 6.07) is 0. The van der Waals surface area contributed by atoms with Crippen LogP contribution in [0.5, 0.6) is 0 Å². The monoisotopic (exact) mass is 165 g/mol. The van der Waals surface area contributed by atoms with Gasteiger partial charge in [-0.05, 0) is 12.8 Å². The summed E-state index contributed by atoms with van der Waals surface area (Å²) in [4.78, 5) is 11.2. The molecule has 1 atom stereocenters. The van der Waals surface area contributed by atoms with Gasteiger partial charge in [0.2, 0.25) is 5.91 Å². The first-order valence-electron chi connectivity index (χ1n) is 4.54. The van der Waals surface area contributed by atoms with Gasteiger partial charge in [0.1, 0.15) is 0 Å². The molecule has 0 heterocycles. The molecule has 0 aliphatic heterocycles. The summed E-state index contributed by atoms with van der Waals surface area (Å²) in [5.41, 5.74) is 0. The number of carbonyl (C=O) groups excluding carboxylic acids is 1. The fourth-order valence-corrected chi connectivity index (χ4v) is 1.38. The molecule has 0 fully saturated rings. The van der Waals surface area contributed by atoms with Crippen LogP contribution in [0.15, 0.2) is 0 Å². The van der Waals surface area contributed by atoms with Gasteiger partial charge < -0.3 is 5.32 Å².